The maximum Gasteiger partial charge on any atom is 0.225 e. The molecule has 2 nitrogen and oxygen atoms in total. The van der Waals surface area contributed by atoms with Gasteiger partial charge in [-0.25, -0.2) is 0 Å². The van der Waals surface area contributed by atoms with Crippen LogP contribution in [0.5, 0.6) is 0 Å². The molecule has 2 fully saturated rings. The van der Waals surface area contributed by atoms with Crippen LogP contribution < -0.4 is 0 Å². The number of hydrogen-bond acceptors (Lipinski definition) is 1. The van der Waals surface area contributed by atoms with Crippen molar-refractivity contribution in [2.45, 2.75) is 52.4 Å². The largest absolute Gasteiger partial charge is 0.345 e. The number of carbonyl (C=O) groups excluding carboxylic acids is 1. The highest BCUT2D eigenvalue weighted by atomic mass is 16.2. The van der Waals surface area contributed by atoms with E-state index in [1.807, 2.05) is 11.9 Å². The van der Waals surface area contributed by atoms with Gasteiger partial charge in [-0.3, -0.25) is 4.79 Å². The van der Waals surface area contributed by atoms with Crippen molar-refractivity contribution in [3.8, 4) is 0 Å². The zero-order chi connectivity index (χ0) is 13.2. The van der Waals surface area contributed by atoms with Gasteiger partial charge in [-0.15, -0.1) is 0 Å². The van der Waals surface area contributed by atoms with Crippen molar-refractivity contribution in [1.29, 1.82) is 0 Å². The topological polar surface area (TPSA) is 20.3 Å². The normalized spacial score (nSPS) is 30.7. The molecule has 0 aromatic heterocycles. The Hall–Kier alpha value is -0.790. The van der Waals surface area contributed by atoms with Gasteiger partial charge in [0.15, 0.2) is 0 Å². The summed E-state index contributed by atoms with van der Waals surface area (Å²) in [7, 11) is 1.98. The van der Waals surface area contributed by atoms with Gasteiger partial charge in [0, 0.05) is 19.5 Å². The van der Waals surface area contributed by atoms with E-state index in [1.54, 1.807) is 0 Å². The van der Waals surface area contributed by atoms with Crippen LogP contribution in [-0.4, -0.2) is 24.4 Å². The van der Waals surface area contributed by atoms with Gasteiger partial charge in [0.05, 0.1) is 0 Å². The number of nitrogens with zero attached hydrogens (tertiary/aromatic N) is 1. The molecule has 2 saturated carbocycles. The molecule has 2 rings (SSSR count). The van der Waals surface area contributed by atoms with Crippen LogP contribution in [0.15, 0.2) is 12.2 Å². The second-order valence-corrected chi connectivity index (χ2v) is 6.48. The zero-order valence-electron chi connectivity index (χ0n) is 12.1. The lowest BCUT2D eigenvalue weighted by Gasteiger charge is -2.22. The van der Waals surface area contributed by atoms with Crippen molar-refractivity contribution >= 4 is 5.91 Å². The maximum atomic E-state index is 11.9. The van der Waals surface area contributed by atoms with Gasteiger partial charge in [0.1, 0.15) is 0 Å². The van der Waals surface area contributed by atoms with Crippen molar-refractivity contribution < 1.29 is 4.79 Å². The van der Waals surface area contributed by atoms with E-state index in [4.69, 9.17) is 0 Å². The third-order valence-electron chi connectivity index (χ3n) is 4.52. The zero-order valence-corrected chi connectivity index (χ0v) is 12.1. The average Bonchev–Trinajstić information content (AvgIpc) is 3.21. The van der Waals surface area contributed by atoms with Gasteiger partial charge in [-0.2, -0.15) is 0 Å². The van der Waals surface area contributed by atoms with Gasteiger partial charge in [0.25, 0.3) is 0 Å². The molecule has 0 aliphatic heterocycles. The quantitative estimate of drug-likeness (QED) is 0.631. The SMILES string of the molecule is CC/C=C\CCC1CC1(C)CN(C)C(=O)C1CC1. The third kappa shape index (κ3) is 3.37. The van der Waals surface area contributed by atoms with Gasteiger partial charge >= 0.3 is 0 Å². The van der Waals surface area contributed by atoms with Crippen LogP contribution in [0.4, 0.5) is 0 Å². The Bertz CT molecular complexity index is 332. The van der Waals surface area contributed by atoms with Gasteiger partial charge in [0.2, 0.25) is 5.91 Å². The summed E-state index contributed by atoms with van der Waals surface area (Å²) in [4.78, 5) is 13.9. The molecule has 2 unspecified atom stereocenters. The molecule has 0 aromatic rings. The third-order valence-corrected chi connectivity index (χ3v) is 4.52. The van der Waals surface area contributed by atoms with E-state index in [2.05, 4.69) is 26.0 Å². The van der Waals surface area contributed by atoms with Crippen LogP contribution in [0.2, 0.25) is 0 Å². The molecule has 0 spiro atoms. The molecule has 18 heavy (non-hydrogen) atoms. The summed E-state index contributed by atoms with van der Waals surface area (Å²) in [5.74, 6) is 1.57. The fourth-order valence-electron chi connectivity index (χ4n) is 2.99. The van der Waals surface area contributed by atoms with Crippen LogP contribution in [0.1, 0.15) is 52.4 Å². The average molecular weight is 249 g/mol. The monoisotopic (exact) mass is 249 g/mol. The van der Waals surface area contributed by atoms with Gasteiger partial charge in [-0.05, 0) is 49.9 Å². The number of rotatable bonds is 7. The lowest BCUT2D eigenvalue weighted by atomic mass is 10.0. The predicted octanol–water partition coefficient (Wildman–Crippen LogP) is 3.63. The minimum atomic E-state index is 0.364. The summed E-state index contributed by atoms with van der Waals surface area (Å²) in [6.07, 6.45) is 11.7. The second-order valence-electron chi connectivity index (χ2n) is 6.48. The maximum absolute atomic E-state index is 11.9. The second kappa shape index (κ2) is 5.46. The van der Waals surface area contributed by atoms with E-state index in [9.17, 15) is 4.79 Å². The fourth-order valence-corrected chi connectivity index (χ4v) is 2.99. The van der Waals surface area contributed by atoms with E-state index >= 15 is 0 Å². The van der Waals surface area contributed by atoms with Gasteiger partial charge in [-0.1, -0.05) is 26.0 Å². The van der Waals surface area contributed by atoms with Crippen molar-refractivity contribution in [2.75, 3.05) is 13.6 Å². The van der Waals surface area contributed by atoms with Gasteiger partial charge < -0.3 is 4.90 Å². The molecular weight excluding hydrogens is 222 g/mol. The number of allylic oxidation sites excluding steroid dienone is 2. The summed E-state index contributed by atoms with van der Waals surface area (Å²) in [6.45, 7) is 5.48. The van der Waals surface area contributed by atoms with Crippen LogP contribution in [-0.2, 0) is 4.79 Å². The Kier molecular flexibility index (Phi) is 4.14. The highest BCUT2D eigenvalue weighted by Crippen LogP contribution is 2.55. The van der Waals surface area contributed by atoms with E-state index in [1.165, 1.54) is 19.3 Å². The first-order chi connectivity index (χ1) is 8.57. The van der Waals surface area contributed by atoms with Crippen molar-refractivity contribution in [3.63, 3.8) is 0 Å². The first-order valence-electron chi connectivity index (χ1n) is 7.47. The number of hydrogen-bond donors (Lipinski definition) is 0. The molecule has 0 radical (unpaired) electrons. The smallest absolute Gasteiger partial charge is 0.225 e. The summed E-state index contributed by atoms with van der Waals surface area (Å²) < 4.78 is 0. The first-order valence-corrected chi connectivity index (χ1v) is 7.47. The molecule has 0 saturated heterocycles. The summed E-state index contributed by atoms with van der Waals surface area (Å²) in [5, 5.41) is 0. The molecule has 1 amide bonds. The lowest BCUT2D eigenvalue weighted by molar-refractivity contribution is -0.132. The minimum Gasteiger partial charge on any atom is -0.345 e. The first kappa shape index (κ1) is 13.6. The van der Waals surface area contributed by atoms with Crippen LogP contribution in [0.25, 0.3) is 0 Å². The Balaban J connectivity index is 1.69. The van der Waals surface area contributed by atoms with Crippen LogP contribution >= 0.6 is 0 Å². The van der Waals surface area contributed by atoms with E-state index in [-0.39, 0.29) is 0 Å². The summed E-state index contributed by atoms with van der Waals surface area (Å²) in [5.41, 5.74) is 0.402. The Morgan fingerprint density at radius 3 is 2.72 bits per heavy atom. The fraction of sp³-hybridized carbons (Fsp3) is 0.812. The lowest BCUT2D eigenvalue weighted by Crippen LogP contribution is -2.33. The minimum absolute atomic E-state index is 0.364. The Morgan fingerprint density at radius 2 is 2.11 bits per heavy atom. The molecule has 0 aromatic carbocycles. The van der Waals surface area contributed by atoms with Crippen molar-refractivity contribution in [1.82, 2.24) is 4.90 Å². The number of carbonyl (C=O) groups is 1. The molecule has 0 N–H and O–H groups in total. The molecule has 2 heteroatoms. The van der Waals surface area contributed by atoms with E-state index < -0.39 is 0 Å². The standard InChI is InChI=1S/C16H27NO/c1-4-5-6-7-8-14-11-16(14,2)12-17(3)15(18)13-9-10-13/h5-6,13-14H,4,7-12H2,1-3H3/b6-5-. The molecule has 2 aliphatic carbocycles. The van der Waals surface area contributed by atoms with Crippen LogP contribution in [0, 0.1) is 17.3 Å². The molecular formula is C16H27NO. The predicted molar refractivity (Wildman–Crippen MR) is 75.2 cm³/mol. The molecule has 2 atom stereocenters. The highest BCUT2D eigenvalue weighted by molar-refractivity contribution is 5.80. The molecule has 102 valence electrons. The highest BCUT2D eigenvalue weighted by Gasteiger charge is 2.50. The number of amides is 1. The van der Waals surface area contributed by atoms with Crippen molar-refractivity contribution in [2.24, 2.45) is 17.3 Å². The Morgan fingerprint density at radius 1 is 1.39 bits per heavy atom. The van der Waals surface area contributed by atoms with E-state index in [0.29, 0.717) is 17.2 Å². The molecule has 0 bridgehead atoms. The Labute approximate surface area is 111 Å². The molecule has 0 heterocycles. The summed E-state index contributed by atoms with van der Waals surface area (Å²) >= 11 is 0. The van der Waals surface area contributed by atoms with E-state index in [0.717, 1.165) is 31.7 Å². The van der Waals surface area contributed by atoms with Crippen LogP contribution in [0.3, 0.4) is 0 Å². The molecule has 2 aliphatic rings. The van der Waals surface area contributed by atoms with Crippen molar-refractivity contribution in [3.05, 3.63) is 12.2 Å². The summed E-state index contributed by atoms with van der Waals surface area (Å²) in [6, 6.07) is 0.